The van der Waals surface area contributed by atoms with Crippen LogP contribution in [0.25, 0.3) is 0 Å². The highest BCUT2D eigenvalue weighted by Gasteiger charge is 2.23. The number of piperazine rings is 1. The Bertz CT molecular complexity index is 739. The van der Waals surface area contributed by atoms with Gasteiger partial charge in [0.2, 0.25) is 5.91 Å². The first kappa shape index (κ1) is 17.9. The first-order chi connectivity index (χ1) is 12.6. The van der Waals surface area contributed by atoms with Crippen LogP contribution in [0.1, 0.15) is 11.3 Å². The summed E-state index contributed by atoms with van der Waals surface area (Å²) >= 11 is 0. The van der Waals surface area contributed by atoms with E-state index < -0.39 is 0 Å². The summed E-state index contributed by atoms with van der Waals surface area (Å²) in [5.41, 5.74) is 0.958. The fourth-order valence-electron chi connectivity index (χ4n) is 2.71. The molecule has 1 aromatic carbocycles. The Balaban J connectivity index is 1.38. The highest BCUT2D eigenvalue weighted by atomic mass is 16.6. The maximum Gasteiger partial charge on any atom is 0.410 e. The van der Waals surface area contributed by atoms with Crippen LogP contribution in [0.3, 0.4) is 0 Å². The molecule has 26 heavy (non-hydrogen) atoms. The third kappa shape index (κ3) is 5.06. The van der Waals surface area contributed by atoms with Crippen LogP contribution in [0.5, 0.6) is 0 Å². The molecule has 8 heteroatoms. The lowest BCUT2D eigenvalue weighted by Gasteiger charge is -2.33. The van der Waals surface area contributed by atoms with Crippen LogP contribution in [0.4, 0.5) is 10.6 Å². The van der Waals surface area contributed by atoms with E-state index in [0.717, 1.165) is 5.56 Å². The maximum atomic E-state index is 12.1. The van der Waals surface area contributed by atoms with Crippen molar-refractivity contribution in [2.75, 3.05) is 38.0 Å². The molecule has 1 saturated heterocycles. The van der Waals surface area contributed by atoms with Crippen molar-refractivity contribution in [3.8, 4) is 0 Å². The van der Waals surface area contributed by atoms with Crippen molar-refractivity contribution in [2.24, 2.45) is 0 Å². The van der Waals surface area contributed by atoms with Gasteiger partial charge in [0, 0.05) is 32.2 Å². The molecule has 2 amide bonds. The zero-order valence-electron chi connectivity index (χ0n) is 14.7. The number of hydrogen-bond donors (Lipinski definition) is 1. The monoisotopic (exact) mass is 358 g/mol. The summed E-state index contributed by atoms with van der Waals surface area (Å²) in [7, 11) is 0. The Kier molecular flexibility index (Phi) is 5.85. The number of nitrogens with zero attached hydrogens (tertiary/aromatic N) is 3. The first-order valence-corrected chi connectivity index (χ1v) is 8.51. The average Bonchev–Trinajstić information content (AvgIpc) is 3.05. The lowest BCUT2D eigenvalue weighted by atomic mass is 10.2. The van der Waals surface area contributed by atoms with Crippen molar-refractivity contribution in [3.05, 3.63) is 47.7 Å². The zero-order valence-corrected chi connectivity index (χ0v) is 14.7. The summed E-state index contributed by atoms with van der Waals surface area (Å²) in [6.07, 6.45) is -0.323. The van der Waals surface area contributed by atoms with E-state index in [2.05, 4.69) is 10.5 Å². The number of carbonyl (C=O) groups is 2. The van der Waals surface area contributed by atoms with Crippen LogP contribution in [0.15, 0.2) is 40.9 Å². The van der Waals surface area contributed by atoms with E-state index in [4.69, 9.17) is 9.26 Å². The number of hydrogen-bond acceptors (Lipinski definition) is 6. The van der Waals surface area contributed by atoms with Gasteiger partial charge in [-0.05, 0) is 12.5 Å². The average molecular weight is 358 g/mol. The molecule has 1 aromatic heterocycles. The Morgan fingerprint density at radius 3 is 2.58 bits per heavy atom. The van der Waals surface area contributed by atoms with Crippen LogP contribution < -0.4 is 5.32 Å². The minimum Gasteiger partial charge on any atom is -0.445 e. The van der Waals surface area contributed by atoms with Crippen LogP contribution in [0, 0.1) is 6.92 Å². The summed E-state index contributed by atoms with van der Waals surface area (Å²) in [5.74, 6) is 0.900. The summed E-state index contributed by atoms with van der Waals surface area (Å²) in [6, 6.07) is 11.2. The van der Waals surface area contributed by atoms with Crippen LogP contribution in [-0.4, -0.2) is 59.7 Å². The normalized spacial score (nSPS) is 14.9. The quantitative estimate of drug-likeness (QED) is 0.878. The van der Waals surface area contributed by atoms with E-state index in [-0.39, 0.29) is 25.2 Å². The molecule has 0 unspecified atom stereocenters. The predicted octanol–water partition coefficient (Wildman–Crippen LogP) is 1.88. The van der Waals surface area contributed by atoms with Gasteiger partial charge in [0.15, 0.2) is 5.82 Å². The number of anilines is 1. The molecule has 138 valence electrons. The highest BCUT2D eigenvalue weighted by molar-refractivity contribution is 5.91. The molecular formula is C18H22N4O4. The smallest absolute Gasteiger partial charge is 0.410 e. The summed E-state index contributed by atoms with van der Waals surface area (Å²) in [4.78, 5) is 27.8. The Morgan fingerprint density at radius 1 is 1.19 bits per heavy atom. The second-order valence-corrected chi connectivity index (χ2v) is 6.17. The molecule has 1 aliphatic heterocycles. The molecule has 1 N–H and O–H groups in total. The van der Waals surface area contributed by atoms with E-state index in [1.807, 2.05) is 35.2 Å². The van der Waals surface area contributed by atoms with Gasteiger partial charge in [-0.3, -0.25) is 9.69 Å². The van der Waals surface area contributed by atoms with Gasteiger partial charge < -0.3 is 19.5 Å². The third-order valence-electron chi connectivity index (χ3n) is 4.10. The highest BCUT2D eigenvalue weighted by Crippen LogP contribution is 2.09. The number of nitrogens with one attached hydrogen (secondary N) is 1. The number of aryl methyl sites for hydroxylation is 1. The molecule has 0 radical (unpaired) electrons. The topological polar surface area (TPSA) is 87.9 Å². The van der Waals surface area contributed by atoms with Crippen molar-refractivity contribution in [1.29, 1.82) is 0 Å². The molecule has 0 bridgehead atoms. The van der Waals surface area contributed by atoms with Crippen molar-refractivity contribution in [1.82, 2.24) is 15.0 Å². The molecule has 2 heterocycles. The molecule has 0 atom stereocenters. The largest absolute Gasteiger partial charge is 0.445 e. The molecule has 8 nitrogen and oxygen atoms in total. The second-order valence-electron chi connectivity index (χ2n) is 6.17. The van der Waals surface area contributed by atoms with Gasteiger partial charge in [-0.1, -0.05) is 35.5 Å². The van der Waals surface area contributed by atoms with E-state index in [1.54, 1.807) is 17.9 Å². The fraction of sp³-hybridized carbons (Fsp3) is 0.389. The van der Waals surface area contributed by atoms with Gasteiger partial charge in [-0.2, -0.15) is 0 Å². The minimum absolute atomic E-state index is 0.154. The van der Waals surface area contributed by atoms with Crippen molar-refractivity contribution in [3.63, 3.8) is 0 Å². The third-order valence-corrected chi connectivity index (χ3v) is 4.10. The molecule has 3 rings (SSSR count). The molecule has 0 spiro atoms. The lowest BCUT2D eigenvalue weighted by molar-refractivity contribution is -0.117. The first-order valence-electron chi connectivity index (χ1n) is 8.51. The van der Waals surface area contributed by atoms with Gasteiger partial charge in [0.1, 0.15) is 12.4 Å². The second kappa shape index (κ2) is 8.48. The summed E-state index contributed by atoms with van der Waals surface area (Å²) in [5, 5.41) is 6.43. The number of carbonyl (C=O) groups excluding carboxylic acids is 2. The van der Waals surface area contributed by atoms with Crippen LogP contribution in [0.2, 0.25) is 0 Å². The maximum absolute atomic E-state index is 12.1. The van der Waals surface area contributed by atoms with E-state index in [0.29, 0.717) is 37.8 Å². The molecular weight excluding hydrogens is 336 g/mol. The predicted molar refractivity (Wildman–Crippen MR) is 94.5 cm³/mol. The van der Waals surface area contributed by atoms with Crippen LogP contribution >= 0.6 is 0 Å². The van der Waals surface area contributed by atoms with E-state index >= 15 is 0 Å². The van der Waals surface area contributed by atoms with E-state index in [9.17, 15) is 9.59 Å². The molecule has 1 fully saturated rings. The van der Waals surface area contributed by atoms with Crippen molar-refractivity contribution >= 4 is 17.8 Å². The van der Waals surface area contributed by atoms with Gasteiger partial charge >= 0.3 is 6.09 Å². The minimum atomic E-state index is -0.323. The fourth-order valence-corrected chi connectivity index (χ4v) is 2.71. The molecule has 0 aliphatic carbocycles. The van der Waals surface area contributed by atoms with Gasteiger partial charge in [0.05, 0.1) is 6.54 Å². The lowest BCUT2D eigenvalue weighted by Crippen LogP contribution is -2.50. The zero-order chi connectivity index (χ0) is 18.4. The Hall–Kier alpha value is -2.87. The van der Waals surface area contributed by atoms with Crippen LogP contribution in [-0.2, 0) is 16.1 Å². The van der Waals surface area contributed by atoms with Crippen molar-refractivity contribution in [2.45, 2.75) is 13.5 Å². The number of aromatic nitrogens is 1. The standard InChI is InChI=1S/C18H22N4O4/c1-14-11-16(20-26-14)19-17(23)12-21-7-9-22(10-8-21)18(24)25-13-15-5-3-2-4-6-15/h2-6,11H,7-10,12-13H2,1H3,(H,19,20,23). The Morgan fingerprint density at radius 2 is 1.92 bits per heavy atom. The number of rotatable bonds is 5. The molecule has 1 aliphatic rings. The van der Waals surface area contributed by atoms with E-state index in [1.165, 1.54) is 0 Å². The van der Waals surface area contributed by atoms with Gasteiger partial charge in [-0.15, -0.1) is 0 Å². The number of benzene rings is 1. The number of ether oxygens (including phenoxy) is 1. The Labute approximate surface area is 151 Å². The van der Waals surface area contributed by atoms with Gasteiger partial charge in [-0.25, -0.2) is 4.79 Å². The molecule has 0 saturated carbocycles. The molecule has 2 aromatic rings. The summed E-state index contributed by atoms with van der Waals surface area (Å²) in [6.45, 7) is 4.57. The summed E-state index contributed by atoms with van der Waals surface area (Å²) < 4.78 is 10.3. The van der Waals surface area contributed by atoms with Gasteiger partial charge in [0.25, 0.3) is 0 Å². The number of amides is 2. The van der Waals surface area contributed by atoms with Crippen molar-refractivity contribution < 1.29 is 18.8 Å². The SMILES string of the molecule is Cc1cc(NC(=O)CN2CCN(C(=O)OCc3ccccc3)CC2)no1.